The predicted octanol–water partition coefficient (Wildman–Crippen LogP) is 3.62. The van der Waals surface area contributed by atoms with Gasteiger partial charge in [0, 0.05) is 10.7 Å². The highest BCUT2D eigenvalue weighted by Gasteiger charge is 2.23. The highest BCUT2D eigenvalue weighted by atomic mass is 35.5. The number of halogens is 2. The lowest BCUT2D eigenvalue weighted by Gasteiger charge is -2.16. The first-order valence-electron chi connectivity index (χ1n) is 7.57. The normalized spacial score (nSPS) is 12.5. The molecule has 0 unspecified atom stereocenters. The molecule has 0 aliphatic carbocycles. The van der Waals surface area contributed by atoms with Crippen LogP contribution >= 0.6 is 23.2 Å². The monoisotopic (exact) mass is 416 g/mol. The van der Waals surface area contributed by atoms with Gasteiger partial charge in [-0.1, -0.05) is 29.3 Å². The second-order valence-electron chi connectivity index (χ2n) is 5.59. The van der Waals surface area contributed by atoms with Crippen LogP contribution in [-0.4, -0.2) is 27.5 Å². The van der Waals surface area contributed by atoms with Crippen molar-refractivity contribution in [3.05, 3.63) is 52.0 Å². The zero-order chi connectivity index (χ0) is 19.5. The lowest BCUT2D eigenvalue weighted by molar-refractivity contribution is -0.117. The number of methoxy groups -OCH3 is 1. The fourth-order valence-electron chi connectivity index (χ4n) is 2.14. The standard InChI is InChI=1S/C17H18Cl2N2O4S/c1-10-4-5-12(18)8-15(10)20-17(22)11(2)21-26(23,24)13-6-7-16(25-3)14(19)9-13/h4-9,11,21H,1-3H3,(H,20,22)/t11-/m0/s1. The Morgan fingerprint density at radius 3 is 2.46 bits per heavy atom. The minimum atomic E-state index is -3.94. The van der Waals surface area contributed by atoms with E-state index in [-0.39, 0.29) is 9.92 Å². The molecule has 0 radical (unpaired) electrons. The number of ether oxygens (including phenoxy) is 1. The fraction of sp³-hybridized carbons (Fsp3) is 0.235. The smallest absolute Gasteiger partial charge is 0.242 e. The molecule has 0 aliphatic rings. The third kappa shape index (κ3) is 4.88. The van der Waals surface area contributed by atoms with E-state index in [1.807, 2.05) is 0 Å². The van der Waals surface area contributed by atoms with Gasteiger partial charge in [0.15, 0.2) is 0 Å². The summed E-state index contributed by atoms with van der Waals surface area (Å²) < 4.78 is 32.2. The second-order valence-corrected chi connectivity index (χ2v) is 8.15. The lowest BCUT2D eigenvalue weighted by Crippen LogP contribution is -2.41. The van der Waals surface area contributed by atoms with Gasteiger partial charge in [-0.15, -0.1) is 0 Å². The van der Waals surface area contributed by atoms with Crippen molar-refractivity contribution in [3.8, 4) is 5.75 Å². The van der Waals surface area contributed by atoms with Gasteiger partial charge in [0.2, 0.25) is 15.9 Å². The first-order valence-corrected chi connectivity index (χ1v) is 9.81. The van der Waals surface area contributed by atoms with E-state index in [1.54, 1.807) is 25.1 Å². The molecule has 2 aromatic rings. The van der Waals surface area contributed by atoms with E-state index < -0.39 is 22.0 Å². The number of nitrogens with one attached hydrogen (secondary N) is 2. The molecule has 1 amide bonds. The van der Waals surface area contributed by atoms with E-state index in [9.17, 15) is 13.2 Å². The van der Waals surface area contributed by atoms with Crippen LogP contribution in [0, 0.1) is 6.92 Å². The van der Waals surface area contributed by atoms with Crippen molar-refractivity contribution in [1.82, 2.24) is 4.72 Å². The van der Waals surface area contributed by atoms with E-state index in [2.05, 4.69) is 10.0 Å². The van der Waals surface area contributed by atoms with Gasteiger partial charge < -0.3 is 10.1 Å². The first kappa shape index (κ1) is 20.5. The molecule has 2 N–H and O–H groups in total. The van der Waals surface area contributed by atoms with Crippen LogP contribution in [0.25, 0.3) is 0 Å². The highest BCUT2D eigenvalue weighted by Crippen LogP contribution is 2.27. The Morgan fingerprint density at radius 2 is 1.85 bits per heavy atom. The van der Waals surface area contributed by atoms with Gasteiger partial charge in [-0.3, -0.25) is 4.79 Å². The van der Waals surface area contributed by atoms with Gasteiger partial charge in [0.25, 0.3) is 0 Å². The molecule has 2 aromatic carbocycles. The van der Waals surface area contributed by atoms with Crippen LogP contribution in [0.5, 0.6) is 5.75 Å². The summed E-state index contributed by atoms with van der Waals surface area (Å²) in [6, 6.07) is 8.08. The number of carbonyl (C=O) groups excluding carboxylic acids is 1. The molecule has 0 bridgehead atoms. The Morgan fingerprint density at radius 1 is 1.15 bits per heavy atom. The summed E-state index contributed by atoms with van der Waals surface area (Å²) in [5.41, 5.74) is 1.32. The Kier molecular flexibility index (Phi) is 6.52. The molecule has 6 nitrogen and oxygen atoms in total. The molecule has 0 fully saturated rings. The molecular formula is C17H18Cl2N2O4S. The van der Waals surface area contributed by atoms with Crippen molar-refractivity contribution in [3.63, 3.8) is 0 Å². The summed E-state index contributed by atoms with van der Waals surface area (Å²) in [6.07, 6.45) is 0. The number of rotatable bonds is 6. The maximum Gasteiger partial charge on any atom is 0.242 e. The zero-order valence-electron chi connectivity index (χ0n) is 14.3. The summed E-state index contributed by atoms with van der Waals surface area (Å²) in [6.45, 7) is 3.25. The molecule has 0 spiro atoms. The number of amides is 1. The molecular weight excluding hydrogens is 399 g/mol. The van der Waals surface area contributed by atoms with Crippen LogP contribution in [0.4, 0.5) is 5.69 Å². The number of aryl methyl sites for hydroxylation is 1. The molecule has 0 saturated carbocycles. The molecule has 26 heavy (non-hydrogen) atoms. The fourth-order valence-corrected chi connectivity index (χ4v) is 3.86. The van der Waals surface area contributed by atoms with Gasteiger partial charge in [0.1, 0.15) is 5.75 Å². The van der Waals surface area contributed by atoms with Gasteiger partial charge in [-0.05, 0) is 49.7 Å². The number of anilines is 1. The van der Waals surface area contributed by atoms with Crippen molar-refractivity contribution in [2.24, 2.45) is 0 Å². The maximum absolute atomic E-state index is 12.5. The van der Waals surface area contributed by atoms with Crippen molar-refractivity contribution >= 4 is 44.8 Å². The van der Waals surface area contributed by atoms with E-state index in [4.69, 9.17) is 27.9 Å². The van der Waals surface area contributed by atoms with Gasteiger partial charge in [0.05, 0.1) is 23.1 Å². The van der Waals surface area contributed by atoms with E-state index in [0.717, 1.165) is 5.56 Å². The molecule has 0 aromatic heterocycles. The predicted molar refractivity (Wildman–Crippen MR) is 103 cm³/mol. The quantitative estimate of drug-likeness (QED) is 0.752. The summed E-state index contributed by atoms with van der Waals surface area (Å²) in [4.78, 5) is 12.3. The van der Waals surface area contributed by atoms with Crippen LogP contribution in [0.3, 0.4) is 0 Å². The number of sulfonamides is 1. The third-order valence-corrected chi connectivity index (χ3v) is 5.69. The van der Waals surface area contributed by atoms with Crippen molar-refractivity contribution in [2.45, 2.75) is 24.8 Å². The van der Waals surface area contributed by atoms with Crippen molar-refractivity contribution in [2.75, 3.05) is 12.4 Å². The summed E-state index contributed by atoms with van der Waals surface area (Å²) >= 11 is 11.9. The topological polar surface area (TPSA) is 84.5 Å². The van der Waals surface area contributed by atoms with Gasteiger partial charge in [-0.2, -0.15) is 4.72 Å². The molecule has 0 aliphatic heterocycles. The SMILES string of the molecule is COc1ccc(S(=O)(=O)N[C@@H](C)C(=O)Nc2cc(Cl)ccc2C)cc1Cl. The van der Waals surface area contributed by atoms with Crippen LogP contribution in [0.15, 0.2) is 41.3 Å². The Bertz CT molecular complexity index is 932. The average Bonchev–Trinajstić information content (AvgIpc) is 2.57. The van der Waals surface area contributed by atoms with Gasteiger partial charge in [-0.25, -0.2) is 8.42 Å². The van der Waals surface area contributed by atoms with Crippen molar-refractivity contribution in [1.29, 1.82) is 0 Å². The first-order chi connectivity index (χ1) is 12.1. The van der Waals surface area contributed by atoms with Crippen LogP contribution in [-0.2, 0) is 14.8 Å². The number of hydrogen-bond acceptors (Lipinski definition) is 4. The summed E-state index contributed by atoms with van der Waals surface area (Å²) in [7, 11) is -2.51. The minimum Gasteiger partial charge on any atom is -0.495 e. The molecule has 0 heterocycles. The van der Waals surface area contributed by atoms with E-state index in [1.165, 1.54) is 32.2 Å². The van der Waals surface area contributed by atoms with Crippen molar-refractivity contribution < 1.29 is 17.9 Å². The van der Waals surface area contributed by atoms with E-state index >= 15 is 0 Å². The van der Waals surface area contributed by atoms with Gasteiger partial charge >= 0.3 is 0 Å². The van der Waals surface area contributed by atoms with E-state index in [0.29, 0.717) is 16.5 Å². The zero-order valence-corrected chi connectivity index (χ0v) is 16.7. The van der Waals surface area contributed by atoms with Crippen LogP contribution in [0.1, 0.15) is 12.5 Å². The molecule has 0 saturated heterocycles. The number of benzene rings is 2. The van der Waals surface area contributed by atoms with Crippen LogP contribution < -0.4 is 14.8 Å². The molecule has 2 rings (SSSR count). The molecule has 9 heteroatoms. The Hall–Kier alpha value is -1.80. The maximum atomic E-state index is 12.5. The average molecular weight is 417 g/mol. The molecule has 140 valence electrons. The van der Waals surface area contributed by atoms with Crippen LogP contribution in [0.2, 0.25) is 10.0 Å². The number of hydrogen-bond donors (Lipinski definition) is 2. The highest BCUT2D eigenvalue weighted by molar-refractivity contribution is 7.89. The lowest BCUT2D eigenvalue weighted by atomic mass is 10.2. The second kappa shape index (κ2) is 8.26. The summed E-state index contributed by atoms with van der Waals surface area (Å²) in [5, 5.41) is 3.28. The number of carbonyl (C=O) groups is 1. The summed E-state index contributed by atoms with van der Waals surface area (Å²) in [5.74, 6) is -0.161. The minimum absolute atomic E-state index is 0.0677. The third-order valence-electron chi connectivity index (χ3n) is 3.62. The molecule has 1 atom stereocenters. The Labute approximate surface area is 162 Å². The Balaban J connectivity index is 2.14. The largest absolute Gasteiger partial charge is 0.495 e.